The Hall–Kier alpha value is -0.830. The Balaban J connectivity index is 2.42. The van der Waals surface area contributed by atoms with Crippen LogP contribution in [0.25, 0.3) is 0 Å². The van der Waals surface area contributed by atoms with E-state index in [0.717, 1.165) is 17.4 Å². The third kappa shape index (κ3) is 1.69. The molecule has 1 aromatic rings. The van der Waals surface area contributed by atoms with Gasteiger partial charge in [0.25, 0.3) is 0 Å². The summed E-state index contributed by atoms with van der Waals surface area (Å²) in [4.78, 5) is 13.3. The van der Waals surface area contributed by atoms with E-state index in [1.165, 1.54) is 11.1 Å². The van der Waals surface area contributed by atoms with Crippen LogP contribution in [0.5, 0.6) is 0 Å². The van der Waals surface area contributed by atoms with E-state index in [0.29, 0.717) is 6.42 Å². The molecule has 0 radical (unpaired) electrons. The van der Waals surface area contributed by atoms with E-state index >= 15 is 0 Å². The first-order valence-electron chi connectivity index (χ1n) is 4.68. The molecule has 1 heterocycles. The zero-order chi connectivity index (χ0) is 10.1. The van der Waals surface area contributed by atoms with Gasteiger partial charge in [0, 0.05) is 24.5 Å². The Morgan fingerprint density at radius 2 is 2.14 bits per heavy atom. The van der Waals surface area contributed by atoms with Crippen molar-refractivity contribution in [1.82, 2.24) is 4.90 Å². The summed E-state index contributed by atoms with van der Waals surface area (Å²) in [5.74, 6) is 0.230. The highest BCUT2D eigenvalue weighted by atomic mass is 79.9. The van der Waals surface area contributed by atoms with E-state index in [1.807, 2.05) is 19.2 Å². The summed E-state index contributed by atoms with van der Waals surface area (Å²) in [6.07, 6.45) is 1.46. The van der Waals surface area contributed by atoms with Crippen LogP contribution >= 0.6 is 15.9 Å². The zero-order valence-electron chi connectivity index (χ0n) is 8.09. The molecule has 14 heavy (non-hydrogen) atoms. The van der Waals surface area contributed by atoms with Crippen LogP contribution in [0.15, 0.2) is 22.7 Å². The van der Waals surface area contributed by atoms with Crippen molar-refractivity contribution in [3.05, 3.63) is 33.8 Å². The summed E-state index contributed by atoms with van der Waals surface area (Å²) in [6.45, 7) is 0.730. The van der Waals surface area contributed by atoms with Crippen LogP contribution in [0, 0.1) is 0 Å². The highest BCUT2D eigenvalue weighted by Crippen LogP contribution is 2.25. The smallest absolute Gasteiger partial charge is 0.222 e. The van der Waals surface area contributed by atoms with Gasteiger partial charge in [0.1, 0.15) is 0 Å². The molecular weight excluding hydrogens is 242 g/mol. The summed E-state index contributed by atoms with van der Waals surface area (Å²) < 4.78 is 1.12. The van der Waals surface area contributed by atoms with Crippen molar-refractivity contribution in [2.75, 3.05) is 7.05 Å². The van der Waals surface area contributed by atoms with Crippen molar-refractivity contribution < 1.29 is 4.79 Å². The lowest BCUT2D eigenvalue weighted by Gasteiger charge is -2.14. The molecule has 0 atom stereocenters. The third-order valence-electron chi connectivity index (χ3n) is 2.64. The Labute approximate surface area is 92.0 Å². The maximum atomic E-state index is 11.5. The first-order valence-corrected chi connectivity index (χ1v) is 5.48. The molecule has 1 aliphatic rings. The number of nitrogens with zero attached hydrogens (tertiary/aromatic N) is 1. The van der Waals surface area contributed by atoms with Crippen LogP contribution in [-0.4, -0.2) is 17.9 Å². The molecule has 0 N–H and O–H groups in total. The third-order valence-corrected chi connectivity index (χ3v) is 3.38. The molecule has 2 rings (SSSR count). The average Bonchev–Trinajstić information content (AvgIpc) is 2.29. The van der Waals surface area contributed by atoms with Gasteiger partial charge in [-0.1, -0.05) is 28.1 Å². The van der Waals surface area contributed by atoms with Crippen molar-refractivity contribution in [1.29, 1.82) is 0 Å². The summed E-state index contributed by atoms with van der Waals surface area (Å²) in [5, 5.41) is 0. The van der Waals surface area contributed by atoms with Crippen LogP contribution < -0.4 is 0 Å². The number of carbonyl (C=O) groups excluding carboxylic acids is 1. The molecular formula is C11H12BrNO. The van der Waals surface area contributed by atoms with Crippen molar-refractivity contribution in [3.8, 4) is 0 Å². The number of carbonyl (C=O) groups is 1. The predicted octanol–water partition coefficient (Wildman–Crippen LogP) is 2.35. The minimum absolute atomic E-state index is 0.230. The Bertz CT molecular complexity index is 376. The monoisotopic (exact) mass is 253 g/mol. The number of benzene rings is 1. The van der Waals surface area contributed by atoms with Crippen molar-refractivity contribution >= 4 is 21.8 Å². The quantitative estimate of drug-likeness (QED) is 0.696. The van der Waals surface area contributed by atoms with Crippen LogP contribution in [0.1, 0.15) is 17.5 Å². The van der Waals surface area contributed by atoms with E-state index in [4.69, 9.17) is 0 Å². The number of rotatable bonds is 0. The SMILES string of the molecule is CN1Cc2cccc(Br)c2CCC1=O. The summed E-state index contributed by atoms with van der Waals surface area (Å²) in [6, 6.07) is 6.15. The first-order chi connectivity index (χ1) is 6.68. The van der Waals surface area contributed by atoms with Crippen molar-refractivity contribution in [3.63, 3.8) is 0 Å². The Morgan fingerprint density at radius 3 is 2.93 bits per heavy atom. The number of fused-ring (bicyclic) bond motifs is 1. The fraction of sp³-hybridized carbons (Fsp3) is 0.364. The van der Waals surface area contributed by atoms with E-state index in [-0.39, 0.29) is 5.91 Å². The van der Waals surface area contributed by atoms with Gasteiger partial charge >= 0.3 is 0 Å². The number of hydrogen-bond donors (Lipinski definition) is 0. The fourth-order valence-electron chi connectivity index (χ4n) is 1.80. The molecule has 0 fully saturated rings. The Morgan fingerprint density at radius 1 is 1.36 bits per heavy atom. The molecule has 0 spiro atoms. The van der Waals surface area contributed by atoms with Crippen LogP contribution in [0.3, 0.4) is 0 Å². The van der Waals surface area contributed by atoms with Crippen LogP contribution in [0.4, 0.5) is 0 Å². The second-order valence-electron chi connectivity index (χ2n) is 3.63. The van der Waals surface area contributed by atoms with E-state index in [1.54, 1.807) is 4.90 Å². The molecule has 1 aliphatic heterocycles. The van der Waals surface area contributed by atoms with Gasteiger partial charge in [-0.05, 0) is 23.6 Å². The van der Waals surface area contributed by atoms with Crippen molar-refractivity contribution in [2.24, 2.45) is 0 Å². The molecule has 0 unspecified atom stereocenters. The average molecular weight is 254 g/mol. The minimum atomic E-state index is 0.230. The molecule has 0 bridgehead atoms. The highest BCUT2D eigenvalue weighted by molar-refractivity contribution is 9.10. The van der Waals surface area contributed by atoms with E-state index in [2.05, 4.69) is 22.0 Å². The molecule has 1 amide bonds. The molecule has 2 nitrogen and oxygen atoms in total. The summed E-state index contributed by atoms with van der Waals surface area (Å²) in [7, 11) is 1.86. The van der Waals surface area contributed by atoms with E-state index in [9.17, 15) is 4.79 Å². The lowest BCUT2D eigenvalue weighted by molar-refractivity contribution is -0.130. The van der Waals surface area contributed by atoms with E-state index < -0.39 is 0 Å². The van der Waals surface area contributed by atoms with Gasteiger partial charge < -0.3 is 4.90 Å². The van der Waals surface area contributed by atoms with Gasteiger partial charge in [0.15, 0.2) is 0 Å². The maximum Gasteiger partial charge on any atom is 0.222 e. The first kappa shape index (κ1) is 9.71. The summed E-state index contributed by atoms with van der Waals surface area (Å²) >= 11 is 3.53. The molecule has 0 aliphatic carbocycles. The number of halogens is 1. The standard InChI is InChI=1S/C11H12BrNO/c1-13-7-8-3-2-4-10(12)9(8)5-6-11(13)14/h2-4H,5-7H2,1H3. The second kappa shape index (κ2) is 3.73. The van der Waals surface area contributed by atoms with Crippen LogP contribution in [0.2, 0.25) is 0 Å². The molecule has 74 valence electrons. The predicted molar refractivity (Wildman–Crippen MR) is 58.9 cm³/mol. The fourth-order valence-corrected chi connectivity index (χ4v) is 2.40. The minimum Gasteiger partial charge on any atom is -0.341 e. The van der Waals surface area contributed by atoms with Gasteiger partial charge in [-0.15, -0.1) is 0 Å². The Kier molecular flexibility index (Phi) is 2.59. The number of amides is 1. The molecule has 0 saturated heterocycles. The highest BCUT2D eigenvalue weighted by Gasteiger charge is 2.18. The molecule has 1 aromatic carbocycles. The zero-order valence-corrected chi connectivity index (χ0v) is 9.67. The van der Waals surface area contributed by atoms with Gasteiger partial charge in [-0.25, -0.2) is 0 Å². The van der Waals surface area contributed by atoms with Gasteiger partial charge in [0.2, 0.25) is 5.91 Å². The number of hydrogen-bond acceptors (Lipinski definition) is 1. The lowest BCUT2D eigenvalue weighted by Crippen LogP contribution is -2.24. The molecule has 0 saturated carbocycles. The topological polar surface area (TPSA) is 20.3 Å². The van der Waals surface area contributed by atoms with Gasteiger partial charge in [0.05, 0.1) is 0 Å². The maximum absolute atomic E-state index is 11.5. The van der Waals surface area contributed by atoms with Crippen molar-refractivity contribution in [2.45, 2.75) is 19.4 Å². The van der Waals surface area contributed by atoms with Gasteiger partial charge in [-0.2, -0.15) is 0 Å². The normalized spacial score (nSPS) is 16.4. The van der Waals surface area contributed by atoms with Crippen LogP contribution in [-0.2, 0) is 17.8 Å². The second-order valence-corrected chi connectivity index (χ2v) is 4.48. The molecule has 0 aromatic heterocycles. The van der Waals surface area contributed by atoms with Gasteiger partial charge in [-0.3, -0.25) is 4.79 Å². The largest absolute Gasteiger partial charge is 0.341 e. The molecule has 3 heteroatoms. The summed E-state index contributed by atoms with van der Waals surface area (Å²) in [5.41, 5.74) is 2.54. The lowest BCUT2D eigenvalue weighted by atomic mass is 10.0.